The van der Waals surface area contributed by atoms with Crippen molar-refractivity contribution in [3.8, 4) is 6.07 Å². The summed E-state index contributed by atoms with van der Waals surface area (Å²) >= 11 is 0. The Balaban J connectivity index is 4.44. The Kier molecular flexibility index (Phi) is 19.4. The SMILES string of the molecule is CCCCCCCCCCCCCCCCCCN(C(=O)OC(C)(C)C)[C@H](C)C(=O)N[C@](C)(CC#N)C(=O)O. The van der Waals surface area contributed by atoms with Crippen LogP contribution in [0.2, 0.25) is 0 Å². The topological polar surface area (TPSA) is 120 Å². The Morgan fingerprint density at radius 2 is 1.23 bits per heavy atom. The molecular formula is C31H57N3O5. The molecular weight excluding hydrogens is 494 g/mol. The second kappa shape index (κ2) is 20.6. The van der Waals surface area contributed by atoms with E-state index in [-0.39, 0.29) is 6.42 Å². The van der Waals surface area contributed by atoms with Crippen molar-refractivity contribution in [3.63, 3.8) is 0 Å². The number of amides is 2. The number of ether oxygens (including phenoxy) is 1. The molecule has 0 saturated heterocycles. The maximum Gasteiger partial charge on any atom is 0.410 e. The maximum absolute atomic E-state index is 12.9. The monoisotopic (exact) mass is 551 g/mol. The molecule has 0 heterocycles. The average molecular weight is 552 g/mol. The first-order chi connectivity index (χ1) is 18.4. The molecule has 2 atom stereocenters. The minimum atomic E-state index is -1.73. The van der Waals surface area contributed by atoms with Gasteiger partial charge in [-0.1, -0.05) is 103 Å². The molecule has 0 aromatic carbocycles. The summed E-state index contributed by atoms with van der Waals surface area (Å²) in [4.78, 5) is 38.8. The van der Waals surface area contributed by atoms with E-state index in [4.69, 9.17) is 10.00 Å². The fourth-order valence-corrected chi connectivity index (χ4v) is 4.44. The molecule has 2 amide bonds. The van der Waals surface area contributed by atoms with Gasteiger partial charge in [-0.05, 0) is 41.0 Å². The van der Waals surface area contributed by atoms with Crippen LogP contribution in [0.15, 0.2) is 0 Å². The highest BCUT2D eigenvalue weighted by atomic mass is 16.6. The zero-order valence-corrected chi connectivity index (χ0v) is 25.8. The minimum absolute atomic E-state index is 0.337. The van der Waals surface area contributed by atoms with Crippen molar-refractivity contribution in [2.75, 3.05) is 6.54 Å². The smallest absolute Gasteiger partial charge is 0.410 e. The first-order valence-corrected chi connectivity index (χ1v) is 15.3. The number of carbonyl (C=O) groups excluding carboxylic acids is 2. The lowest BCUT2D eigenvalue weighted by atomic mass is 9.98. The summed E-state index contributed by atoms with van der Waals surface area (Å²) in [5.41, 5.74) is -2.45. The molecule has 39 heavy (non-hydrogen) atoms. The van der Waals surface area contributed by atoms with Crippen LogP contribution in [-0.2, 0) is 14.3 Å². The van der Waals surface area contributed by atoms with Gasteiger partial charge < -0.3 is 15.2 Å². The number of nitrogens with one attached hydrogen (secondary N) is 1. The van der Waals surface area contributed by atoms with Gasteiger partial charge in [0.15, 0.2) is 0 Å². The number of carboxylic acids is 1. The lowest BCUT2D eigenvalue weighted by Crippen LogP contribution is -2.58. The van der Waals surface area contributed by atoms with E-state index in [0.29, 0.717) is 6.54 Å². The van der Waals surface area contributed by atoms with E-state index >= 15 is 0 Å². The van der Waals surface area contributed by atoms with Crippen LogP contribution in [0, 0.1) is 11.3 Å². The molecule has 0 unspecified atom stereocenters. The molecule has 0 fully saturated rings. The van der Waals surface area contributed by atoms with Crippen LogP contribution in [0.5, 0.6) is 0 Å². The predicted octanol–water partition coefficient (Wildman–Crippen LogP) is 7.75. The minimum Gasteiger partial charge on any atom is -0.479 e. The third kappa shape index (κ3) is 17.8. The van der Waals surface area contributed by atoms with Crippen molar-refractivity contribution < 1.29 is 24.2 Å². The standard InChI is InChI=1S/C31H57N3O5/c1-7-8-9-10-11-12-13-14-15-16-17-18-19-20-21-22-25-34(29(38)39-30(3,4)5)26(2)27(35)33-31(6,23-24-32)28(36)37/h26H,7-23,25H2,1-6H3,(H,33,35)(H,36,37)/t26-,31-/m1/s1. The number of rotatable bonds is 22. The summed E-state index contributed by atoms with van der Waals surface area (Å²) in [6.07, 6.45) is 19.0. The first kappa shape index (κ1) is 36.7. The predicted molar refractivity (Wildman–Crippen MR) is 156 cm³/mol. The van der Waals surface area contributed by atoms with Gasteiger partial charge in [-0.3, -0.25) is 9.69 Å². The van der Waals surface area contributed by atoms with E-state index in [2.05, 4.69) is 12.2 Å². The molecule has 0 rings (SSSR count). The van der Waals surface area contributed by atoms with Crippen LogP contribution < -0.4 is 5.32 Å². The summed E-state index contributed by atoms with van der Waals surface area (Å²) in [5, 5.41) is 20.9. The summed E-state index contributed by atoms with van der Waals surface area (Å²) < 4.78 is 5.51. The Bertz CT molecular complexity index is 743. The van der Waals surface area contributed by atoms with Crippen LogP contribution in [-0.4, -0.2) is 51.7 Å². The third-order valence-corrected chi connectivity index (χ3v) is 7.03. The van der Waals surface area contributed by atoms with Gasteiger partial charge in [-0.15, -0.1) is 0 Å². The quantitative estimate of drug-likeness (QED) is 0.133. The third-order valence-electron chi connectivity index (χ3n) is 7.03. The number of nitrogens with zero attached hydrogens (tertiary/aromatic N) is 2. The summed E-state index contributed by atoms with van der Waals surface area (Å²) in [5.74, 6) is -1.93. The summed E-state index contributed by atoms with van der Waals surface area (Å²) in [6.45, 7) is 10.7. The Morgan fingerprint density at radius 3 is 1.59 bits per heavy atom. The first-order valence-electron chi connectivity index (χ1n) is 15.3. The summed E-state index contributed by atoms with van der Waals surface area (Å²) in [7, 11) is 0. The number of hydrogen-bond donors (Lipinski definition) is 2. The molecule has 2 N–H and O–H groups in total. The number of nitriles is 1. The fourth-order valence-electron chi connectivity index (χ4n) is 4.44. The van der Waals surface area contributed by atoms with Crippen LogP contribution in [0.1, 0.15) is 151 Å². The van der Waals surface area contributed by atoms with E-state index in [0.717, 1.165) is 25.7 Å². The molecule has 0 aromatic heterocycles. The highest BCUT2D eigenvalue weighted by Crippen LogP contribution is 2.17. The van der Waals surface area contributed by atoms with Crippen LogP contribution >= 0.6 is 0 Å². The van der Waals surface area contributed by atoms with Gasteiger partial charge in [0.1, 0.15) is 17.2 Å². The largest absolute Gasteiger partial charge is 0.479 e. The highest BCUT2D eigenvalue weighted by molar-refractivity contribution is 5.91. The number of unbranched alkanes of at least 4 members (excludes halogenated alkanes) is 15. The number of aliphatic carboxylic acids is 1. The van der Waals surface area contributed by atoms with Gasteiger partial charge in [0.2, 0.25) is 5.91 Å². The van der Waals surface area contributed by atoms with Gasteiger partial charge in [-0.2, -0.15) is 5.26 Å². The Labute approximate surface area is 238 Å². The Hall–Kier alpha value is -2.30. The Morgan fingerprint density at radius 1 is 0.821 bits per heavy atom. The summed E-state index contributed by atoms with van der Waals surface area (Å²) in [6, 6.07) is 0.865. The van der Waals surface area contributed by atoms with Gasteiger partial charge in [0.05, 0.1) is 12.5 Å². The molecule has 0 saturated carbocycles. The molecule has 0 radical (unpaired) electrons. The molecule has 0 aromatic rings. The highest BCUT2D eigenvalue weighted by Gasteiger charge is 2.38. The molecule has 8 nitrogen and oxygen atoms in total. The molecule has 0 aliphatic heterocycles. The van der Waals surface area contributed by atoms with E-state index < -0.39 is 35.2 Å². The lowest BCUT2D eigenvalue weighted by molar-refractivity contribution is -0.147. The zero-order valence-electron chi connectivity index (χ0n) is 25.8. The normalized spacial score (nSPS) is 13.7. The molecule has 0 spiro atoms. The molecule has 0 bridgehead atoms. The van der Waals surface area contributed by atoms with Crippen LogP contribution in [0.4, 0.5) is 4.79 Å². The molecule has 8 heteroatoms. The molecule has 226 valence electrons. The zero-order chi connectivity index (χ0) is 29.7. The number of carboxylic acid groups (broad SMARTS) is 1. The maximum atomic E-state index is 12.9. The van der Waals surface area contributed by atoms with Gasteiger partial charge in [0.25, 0.3) is 0 Å². The van der Waals surface area contributed by atoms with Crippen molar-refractivity contribution in [3.05, 3.63) is 0 Å². The van der Waals surface area contributed by atoms with Gasteiger partial charge in [0, 0.05) is 6.54 Å². The van der Waals surface area contributed by atoms with Crippen molar-refractivity contribution in [2.45, 2.75) is 168 Å². The molecule has 0 aliphatic carbocycles. The average Bonchev–Trinajstić information content (AvgIpc) is 2.84. The number of hydrogen-bond acceptors (Lipinski definition) is 5. The van der Waals surface area contributed by atoms with Crippen molar-refractivity contribution in [1.29, 1.82) is 5.26 Å². The van der Waals surface area contributed by atoms with E-state index in [1.807, 2.05) is 0 Å². The van der Waals surface area contributed by atoms with Crippen molar-refractivity contribution in [1.82, 2.24) is 10.2 Å². The molecule has 0 aliphatic rings. The van der Waals surface area contributed by atoms with Crippen molar-refractivity contribution in [2.24, 2.45) is 0 Å². The second-order valence-electron chi connectivity index (χ2n) is 12.1. The van der Waals surface area contributed by atoms with Crippen LogP contribution in [0.25, 0.3) is 0 Å². The number of carbonyl (C=O) groups is 3. The van der Waals surface area contributed by atoms with Crippen LogP contribution in [0.3, 0.4) is 0 Å². The van der Waals surface area contributed by atoms with Gasteiger partial charge in [-0.25, -0.2) is 9.59 Å². The second-order valence-corrected chi connectivity index (χ2v) is 12.1. The lowest BCUT2D eigenvalue weighted by Gasteiger charge is -2.33. The van der Waals surface area contributed by atoms with Crippen molar-refractivity contribution >= 4 is 18.0 Å². The fraction of sp³-hybridized carbons (Fsp3) is 0.871. The van der Waals surface area contributed by atoms with E-state index in [9.17, 15) is 19.5 Å². The van der Waals surface area contributed by atoms with Gasteiger partial charge >= 0.3 is 12.1 Å². The van der Waals surface area contributed by atoms with E-state index in [1.54, 1.807) is 33.8 Å². The van der Waals surface area contributed by atoms with E-state index in [1.165, 1.54) is 88.9 Å².